The molecule has 0 saturated carbocycles. The van der Waals surface area contributed by atoms with Gasteiger partial charge in [-0.15, -0.1) is 0 Å². The maximum atomic E-state index is 12.7. The molecule has 0 saturated heterocycles. The molecule has 0 aliphatic carbocycles. The molecule has 3 N–H and O–H groups in total. The van der Waals surface area contributed by atoms with Crippen molar-refractivity contribution < 1.29 is 18.7 Å². The summed E-state index contributed by atoms with van der Waals surface area (Å²) >= 11 is 1.16. The maximum absolute atomic E-state index is 12.7. The number of nitrogens with one attached hydrogen (secondary N) is 3. The van der Waals surface area contributed by atoms with Crippen LogP contribution >= 0.6 is 11.3 Å². The van der Waals surface area contributed by atoms with Gasteiger partial charge in [-0.05, 0) is 25.0 Å². The molecule has 2 aromatic carbocycles. The van der Waals surface area contributed by atoms with Gasteiger partial charge in [-0.2, -0.15) is 0 Å². The van der Waals surface area contributed by atoms with Crippen molar-refractivity contribution in [2.45, 2.75) is 33.0 Å². The van der Waals surface area contributed by atoms with Gasteiger partial charge in [0.1, 0.15) is 27.9 Å². The Balaban J connectivity index is 1.41. The van der Waals surface area contributed by atoms with Crippen molar-refractivity contribution in [3.05, 3.63) is 93.7 Å². The third kappa shape index (κ3) is 6.04. The van der Waals surface area contributed by atoms with Crippen molar-refractivity contribution in [1.82, 2.24) is 15.6 Å². The summed E-state index contributed by atoms with van der Waals surface area (Å²) in [5, 5.41) is 8.94. The Hall–Kier alpha value is -4.18. The highest BCUT2D eigenvalue weighted by molar-refractivity contribution is 7.22. The third-order valence-corrected chi connectivity index (χ3v) is 6.28. The zero-order valence-corrected chi connectivity index (χ0v) is 20.0. The van der Waals surface area contributed by atoms with E-state index in [2.05, 4.69) is 20.9 Å². The van der Waals surface area contributed by atoms with Crippen molar-refractivity contribution in [3.8, 4) is 0 Å². The Kier molecular flexibility index (Phi) is 7.41. The number of amides is 3. The van der Waals surface area contributed by atoms with Crippen molar-refractivity contribution in [1.29, 1.82) is 0 Å². The minimum absolute atomic E-state index is 0.0421. The monoisotopic (exact) mass is 492 g/mol. The second-order valence-electron chi connectivity index (χ2n) is 7.80. The van der Waals surface area contributed by atoms with Gasteiger partial charge in [-0.25, -0.2) is 19.4 Å². The number of thiophene rings is 1. The second-order valence-corrected chi connectivity index (χ2v) is 8.80. The fourth-order valence-corrected chi connectivity index (χ4v) is 4.39. The van der Waals surface area contributed by atoms with Crippen LogP contribution in [0.5, 0.6) is 0 Å². The number of carbonyl (C=O) groups is 2. The largest absolute Gasteiger partial charge is 0.445 e. The SMILES string of the molecule is Cc1c(NC(=O)NCc2ccccc2)sc2nc([C@H](C)NC(=O)OCc3ccccc3)oc(=O)c12. The Morgan fingerprint density at radius 1 is 1.06 bits per heavy atom. The molecule has 2 aromatic heterocycles. The average molecular weight is 493 g/mol. The van der Waals surface area contributed by atoms with Gasteiger partial charge in [0, 0.05) is 12.1 Å². The highest BCUT2D eigenvalue weighted by atomic mass is 32.1. The first-order valence-electron chi connectivity index (χ1n) is 10.9. The number of urea groups is 1. The van der Waals surface area contributed by atoms with Crippen LogP contribution in [0.3, 0.4) is 0 Å². The van der Waals surface area contributed by atoms with E-state index in [-0.39, 0.29) is 17.9 Å². The van der Waals surface area contributed by atoms with Gasteiger partial charge in [0.05, 0.1) is 0 Å². The maximum Gasteiger partial charge on any atom is 0.408 e. The fourth-order valence-electron chi connectivity index (χ4n) is 3.32. The molecular formula is C25H24N4O5S. The molecular weight excluding hydrogens is 468 g/mol. The minimum Gasteiger partial charge on any atom is -0.445 e. The van der Waals surface area contributed by atoms with Crippen LogP contribution in [0.15, 0.2) is 69.9 Å². The Labute approximate surface area is 205 Å². The van der Waals surface area contributed by atoms with Gasteiger partial charge in [0.25, 0.3) is 0 Å². The number of ether oxygens (including phenoxy) is 1. The van der Waals surface area contributed by atoms with Gasteiger partial charge < -0.3 is 19.8 Å². The van der Waals surface area contributed by atoms with E-state index >= 15 is 0 Å². The molecule has 0 unspecified atom stereocenters. The predicted molar refractivity (Wildman–Crippen MR) is 133 cm³/mol. The number of hydrogen-bond acceptors (Lipinski definition) is 7. The quantitative estimate of drug-likeness (QED) is 0.338. The van der Waals surface area contributed by atoms with E-state index in [1.807, 2.05) is 60.7 Å². The van der Waals surface area contributed by atoms with Crippen molar-refractivity contribution in [2.75, 3.05) is 5.32 Å². The van der Waals surface area contributed by atoms with Crippen LogP contribution in [0.25, 0.3) is 10.2 Å². The van der Waals surface area contributed by atoms with Crippen molar-refractivity contribution in [3.63, 3.8) is 0 Å². The number of hydrogen-bond donors (Lipinski definition) is 3. The van der Waals surface area contributed by atoms with Gasteiger partial charge in [-0.3, -0.25) is 5.32 Å². The zero-order valence-electron chi connectivity index (χ0n) is 19.2. The van der Waals surface area contributed by atoms with Gasteiger partial charge in [-0.1, -0.05) is 72.0 Å². The lowest BCUT2D eigenvalue weighted by Gasteiger charge is -2.12. The highest BCUT2D eigenvalue weighted by Gasteiger charge is 2.21. The van der Waals surface area contributed by atoms with Crippen molar-refractivity contribution >= 4 is 38.7 Å². The standard InChI is InChI=1S/C25H24N4O5S/c1-15-19-22(35-21(15)29-24(31)26-13-17-9-5-3-6-10-17)28-20(34-23(19)30)16(2)27-25(32)33-14-18-11-7-4-8-12-18/h3-12,16H,13-14H2,1-2H3,(H,27,32)(H2,26,29,31)/t16-/m0/s1. The van der Waals surface area contributed by atoms with Crippen LogP contribution in [0.2, 0.25) is 0 Å². The van der Waals surface area contributed by atoms with Crippen LogP contribution in [0.4, 0.5) is 14.6 Å². The second kappa shape index (κ2) is 10.8. The molecule has 1 atom stereocenters. The minimum atomic E-state index is -0.705. The molecule has 180 valence electrons. The van der Waals surface area contributed by atoms with Crippen LogP contribution in [-0.4, -0.2) is 17.1 Å². The van der Waals surface area contributed by atoms with Crippen LogP contribution in [0.1, 0.15) is 35.5 Å². The molecule has 0 radical (unpaired) electrons. The number of benzene rings is 2. The molecule has 0 bridgehead atoms. The average Bonchev–Trinajstić information content (AvgIpc) is 3.18. The summed E-state index contributed by atoms with van der Waals surface area (Å²) in [5.74, 6) is 0.0421. The lowest BCUT2D eigenvalue weighted by atomic mass is 10.2. The predicted octanol–water partition coefficient (Wildman–Crippen LogP) is 4.87. The number of anilines is 1. The van der Waals surface area contributed by atoms with E-state index in [9.17, 15) is 14.4 Å². The summed E-state index contributed by atoms with van der Waals surface area (Å²) in [6, 6.07) is 17.7. The summed E-state index contributed by atoms with van der Waals surface area (Å²) in [6.07, 6.45) is -0.661. The normalized spacial score (nSPS) is 11.6. The summed E-state index contributed by atoms with van der Waals surface area (Å²) in [4.78, 5) is 42.0. The number of rotatable bonds is 7. The molecule has 3 amide bonds. The van der Waals surface area contributed by atoms with E-state index in [4.69, 9.17) is 9.15 Å². The van der Waals surface area contributed by atoms with Gasteiger partial charge in [0.15, 0.2) is 0 Å². The molecule has 10 heteroatoms. The molecule has 9 nitrogen and oxygen atoms in total. The number of carbonyl (C=O) groups excluding carboxylic acids is 2. The fraction of sp³-hybridized carbons (Fsp3) is 0.200. The number of aromatic nitrogens is 1. The van der Waals surface area contributed by atoms with Crippen LogP contribution in [-0.2, 0) is 17.9 Å². The Morgan fingerprint density at radius 3 is 2.40 bits per heavy atom. The van der Waals surface area contributed by atoms with E-state index in [0.29, 0.717) is 21.9 Å². The Bertz CT molecular complexity index is 1390. The smallest absolute Gasteiger partial charge is 0.408 e. The number of aryl methyl sites for hydroxylation is 1. The molecule has 2 heterocycles. The van der Waals surface area contributed by atoms with E-state index in [0.717, 1.165) is 22.5 Å². The molecule has 0 aliphatic rings. The van der Waals surface area contributed by atoms with E-state index < -0.39 is 23.8 Å². The summed E-state index contributed by atoms with van der Waals surface area (Å²) < 4.78 is 10.6. The first-order chi connectivity index (χ1) is 16.9. The molecule has 35 heavy (non-hydrogen) atoms. The summed E-state index contributed by atoms with van der Waals surface area (Å²) in [6.45, 7) is 3.83. The third-order valence-electron chi connectivity index (χ3n) is 5.18. The molecule has 0 aliphatic heterocycles. The first kappa shape index (κ1) is 24.0. The zero-order chi connectivity index (χ0) is 24.8. The van der Waals surface area contributed by atoms with E-state index in [1.165, 1.54) is 0 Å². The summed E-state index contributed by atoms with van der Waals surface area (Å²) in [7, 11) is 0. The molecule has 4 aromatic rings. The van der Waals surface area contributed by atoms with Gasteiger partial charge >= 0.3 is 17.7 Å². The van der Waals surface area contributed by atoms with E-state index in [1.54, 1.807) is 13.8 Å². The number of nitrogens with zero attached hydrogens (tertiary/aromatic N) is 1. The Morgan fingerprint density at radius 2 is 1.71 bits per heavy atom. The lowest BCUT2D eigenvalue weighted by Crippen LogP contribution is -2.28. The molecule has 0 spiro atoms. The van der Waals surface area contributed by atoms with Gasteiger partial charge in [0.2, 0.25) is 5.89 Å². The van der Waals surface area contributed by atoms with Crippen molar-refractivity contribution in [2.24, 2.45) is 0 Å². The number of alkyl carbamates (subject to hydrolysis) is 1. The van der Waals surface area contributed by atoms with Crippen LogP contribution in [0, 0.1) is 6.92 Å². The molecule has 4 rings (SSSR count). The molecule has 0 fully saturated rings. The highest BCUT2D eigenvalue weighted by Crippen LogP contribution is 2.32. The number of fused-ring (bicyclic) bond motifs is 1. The first-order valence-corrected chi connectivity index (χ1v) is 11.7. The lowest BCUT2D eigenvalue weighted by molar-refractivity contribution is 0.134. The summed E-state index contributed by atoms with van der Waals surface area (Å²) in [5.41, 5.74) is 1.79. The topological polar surface area (TPSA) is 123 Å². The van der Waals surface area contributed by atoms with Crippen LogP contribution < -0.4 is 21.6 Å².